The van der Waals surface area contributed by atoms with E-state index < -0.39 is 6.04 Å². The first-order valence-corrected chi connectivity index (χ1v) is 10.3. The Balaban J connectivity index is 1.39. The first-order valence-electron chi connectivity index (χ1n) is 9.44. The molecule has 2 aliphatic heterocycles. The number of aromatic amines is 1. The fourth-order valence-electron chi connectivity index (χ4n) is 4.12. The summed E-state index contributed by atoms with van der Waals surface area (Å²) < 4.78 is 4.96. The van der Waals surface area contributed by atoms with Crippen LogP contribution in [0.2, 0.25) is 0 Å². The molecule has 11 heteroatoms. The molecule has 2 amide bonds. The Bertz CT molecular complexity index is 1110. The summed E-state index contributed by atoms with van der Waals surface area (Å²) in [4.78, 5) is 27.8. The van der Waals surface area contributed by atoms with Gasteiger partial charge in [-0.05, 0) is 31.2 Å². The molecule has 0 spiro atoms. The lowest BCUT2D eigenvalue weighted by molar-refractivity contribution is -0.148. The highest BCUT2D eigenvalue weighted by Gasteiger charge is 2.63. The van der Waals surface area contributed by atoms with E-state index in [0.29, 0.717) is 22.8 Å². The number of thioether (sulfide) groups is 1. The summed E-state index contributed by atoms with van der Waals surface area (Å²) in [5, 5.41) is 20.8. The Morgan fingerprint density at radius 3 is 2.77 bits per heavy atom. The second-order valence-electron chi connectivity index (χ2n) is 7.83. The highest BCUT2D eigenvalue weighted by atomic mass is 32.2. The molecule has 30 heavy (non-hydrogen) atoms. The number of benzene rings is 1. The van der Waals surface area contributed by atoms with Gasteiger partial charge in [-0.15, -0.1) is 16.9 Å². The van der Waals surface area contributed by atoms with Crippen molar-refractivity contribution in [3.63, 3.8) is 0 Å². The number of nitrogens with one attached hydrogen (secondary N) is 2. The molecule has 0 bridgehead atoms. The zero-order chi connectivity index (χ0) is 21.0. The topological polar surface area (TPSA) is 130 Å². The smallest absolute Gasteiger partial charge is 0.257 e. The predicted octanol–water partition coefficient (Wildman–Crippen LogP) is 1.70. The molecule has 4 heterocycles. The third-order valence-electron chi connectivity index (χ3n) is 5.49. The molecule has 3 unspecified atom stereocenters. The first kappa shape index (κ1) is 18.8. The zero-order valence-corrected chi connectivity index (χ0v) is 17.3. The van der Waals surface area contributed by atoms with E-state index in [9.17, 15) is 9.59 Å². The van der Waals surface area contributed by atoms with Gasteiger partial charge in [-0.3, -0.25) is 9.59 Å². The Hall–Kier alpha value is -3.21. The minimum absolute atomic E-state index is 0.164. The van der Waals surface area contributed by atoms with E-state index in [1.165, 1.54) is 0 Å². The lowest BCUT2D eigenvalue weighted by Crippen LogP contribution is -2.67. The van der Waals surface area contributed by atoms with Gasteiger partial charge in [-0.1, -0.05) is 35.5 Å². The van der Waals surface area contributed by atoms with Crippen molar-refractivity contribution in [1.29, 1.82) is 0 Å². The molecule has 3 atom stereocenters. The van der Waals surface area contributed by atoms with Crippen molar-refractivity contribution in [2.45, 2.75) is 43.0 Å². The van der Waals surface area contributed by atoms with Crippen LogP contribution < -0.4 is 5.32 Å². The summed E-state index contributed by atoms with van der Waals surface area (Å²) in [6.07, 6.45) is 0. The highest BCUT2D eigenvalue weighted by molar-refractivity contribution is 8.01. The van der Waals surface area contributed by atoms with Crippen LogP contribution in [0.25, 0.3) is 11.3 Å². The molecule has 2 aliphatic rings. The summed E-state index contributed by atoms with van der Waals surface area (Å²) in [6.45, 7) is 5.75. The second-order valence-corrected chi connectivity index (χ2v) is 9.60. The Kier molecular flexibility index (Phi) is 4.17. The van der Waals surface area contributed by atoms with Crippen LogP contribution in [0.5, 0.6) is 0 Å². The number of tetrazole rings is 1. The number of carbonyl (C=O) groups excluding carboxylic acids is 2. The fourth-order valence-corrected chi connectivity index (χ4v) is 5.75. The first-order chi connectivity index (χ1) is 14.4. The molecule has 0 saturated carbocycles. The molecule has 2 N–H and O–H groups in total. The maximum Gasteiger partial charge on any atom is 0.257 e. The van der Waals surface area contributed by atoms with Crippen molar-refractivity contribution in [1.82, 2.24) is 36.0 Å². The van der Waals surface area contributed by atoms with E-state index in [0.717, 1.165) is 5.56 Å². The third kappa shape index (κ3) is 2.72. The van der Waals surface area contributed by atoms with E-state index in [2.05, 4.69) is 31.1 Å². The standard InChI is InChI=1S/C19H19N7O3S/c1-9-11(12(23-29-9)10-7-5-4-6-8-10)16(27)20-13-17(28)26-14(15-21-24-25-22-15)19(2,3)30-18(13)26/h4-8,13-14,18H,1-3H3,(H,20,27)(H,21,22,24,25). The van der Waals surface area contributed by atoms with Crippen LogP contribution in [0.4, 0.5) is 0 Å². The number of aryl methyl sites for hydroxylation is 1. The van der Waals surface area contributed by atoms with Gasteiger partial charge in [0.15, 0.2) is 5.82 Å². The van der Waals surface area contributed by atoms with Gasteiger partial charge in [0.1, 0.15) is 34.5 Å². The second kappa shape index (κ2) is 6.66. The largest absolute Gasteiger partial charge is 0.360 e. The molecule has 2 saturated heterocycles. The molecule has 5 rings (SSSR count). The summed E-state index contributed by atoms with van der Waals surface area (Å²) in [5.74, 6) is 0.395. The molecule has 0 aliphatic carbocycles. The van der Waals surface area contributed by atoms with Crippen LogP contribution in [0, 0.1) is 6.92 Å². The van der Waals surface area contributed by atoms with Crippen LogP contribution in [0.1, 0.15) is 41.8 Å². The van der Waals surface area contributed by atoms with Gasteiger partial charge in [-0.25, -0.2) is 5.10 Å². The van der Waals surface area contributed by atoms with E-state index >= 15 is 0 Å². The maximum atomic E-state index is 13.1. The van der Waals surface area contributed by atoms with Gasteiger partial charge < -0.3 is 14.7 Å². The van der Waals surface area contributed by atoms with Gasteiger partial charge in [0.05, 0.1) is 0 Å². The number of rotatable bonds is 4. The number of fused-ring (bicyclic) bond motifs is 1. The molecule has 3 aromatic rings. The number of nitrogens with zero attached hydrogens (tertiary/aromatic N) is 5. The number of amides is 2. The fraction of sp³-hybridized carbons (Fsp3) is 0.368. The average molecular weight is 425 g/mol. The number of aromatic nitrogens is 5. The van der Waals surface area contributed by atoms with Crippen LogP contribution in [-0.2, 0) is 4.79 Å². The van der Waals surface area contributed by atoms with E-state index in [1.807, 2.05) is 44.2 Å². The number of hydrogen-bond donors (Lipinski definition) is 2. The van der Waals surface area contributed by atoms with Gasteiger partial charge in [-0.2, -0.15) is 0 Å². The molecule has 1 aromatic carbocycles. The summed E-state index contributed by atoms with van der Waals surface area (Å²) >= 11 is 1.62. The Morgan fingerprint density at radius 2 is 2.07 bits per heavy atom. The highest BCUT2D eigenvalue weighted by Crippen LogP contribution is 2.56. The van der Waals surface area contributed by atoms with Crippen molar-refractivity contribution >= 4 is 23.6 Å². The molecular weight excluding hydrogens is 406 g/mol. The number of hydrogen-bond acceptors (Lipinski definition) is 8. The van der Waals surface area contributed by atoms with Gasteiger partial charge in [0.25, 0.3) is 5.91 Å². The lowest BCUT2D eigenvalue weighted by Gasteiger charge is -2.44. The molecular formula is C19H19N7O3S. The van der Waals surface area contributed by atoms with Crippen LogP contribution in [0.15, 0.2) is 34.9 Å². The normalized spacial score (nSPS) is 24.4. The van der Waals surface area contributed by atoms with E-state index in [4.69, 9.17) is 4.52 Å². The van der Waals surface area contributed by atoms with E-state index in [-0.39, 0.29) is 28.0 Å². The Morgan fingerprint density at radius 1 is 1.30 bits per heavy atom. The number of H-pyrrole nitrogens is 1. The molecule has 10 nitrogen and oxygen atoms in total. The van der Waals surface area contributed by atoms with Gasteiger partial charge in [0, 0.05) is 10.3 Å². The predicted molar refractivity (Wildman–Crippen MR) is 107 cm³/mol. The van der Waals surface area contributed by atoms with Crippen molar-refractivity contribution in [3.8, 4) is 11.3 Å². The maximum absolute atomic E-state index is 13.1. The van der Waals surface area contributed by atoms with Crippen molar-refractivity contribution < 1.29 is 14.1 Å². The zero-order valence-electron chi connectivity index (χ0n) is 16.5. The molecule has 2 fully saturated rings. The van der Waals surface area contributed by atoms with Crippen LogP contribution >= 0.6 is 11.8 Å². The lowest BCUT2D eigenvalue weighted by atomic mass is 9.95. The van der Waals surface area contributed by atoms with Crippen molar-refractivity contribution in [2.75, 3.05) is 0 Å². The monoisotopic (exact) mass is 425 g/mol. The summed E-state index contributed by atoms with van der Waals surface area (Å²) in [7, 11) is 0. The van der Waals surface area contributed by atoms with Gasteiger partial charge in [0.2, 0.25) is 5.91 Å². The SMILES string of the molecule is Cc1onc(-c2ccccc2)c1C(=O)NC1C(=O)N2C1SC(C)(C)C2c1nnn[nH]1. The average Bonchev–Trinajstić information content (AvgIpc) is 3.43. The van der Waals surface area contributed by atoms with Crippen molar-refractivity contribution in [2.24, 2.45) is 0 Å². The third-order valence-corrected chi connectivity index (χ3v) is 7.06. The van der Waals surface area contributed by atoms with Gasteiger partial charge >= 0.3 is 0 Å². The minimum atomic E-state index is -0.638. The Labute approximate surface area is 175 Å². The number of β-lactam (4-membered cyclic amide) rings is 1. The van der Waals surface area contributed by atoms with E-state index in [1.54, 1.807) is 23.6 Å². The summed E-state index contributed by atoms with van der Waals surface area (Å²) in [6, 6.07) is 8.40. The van der Waals surface area contributed by atoms with Crippen molar-refractivity contribution in [3.05, 3.63) is 47.5 Å². The number of carbonyl (C=O) groups is 2. The summed E-state index contributed by atoms with van der Waals surface area (Å²) in [5.41, 5.74) is 1.57. The quantitative estimate of drug-likeness (QED) is 0.604. The molecule has 2 aromatic heterocycles. The van der Waals surface area contributed by atoms with Crippen LogP contribution in [-0.4, -0.2) is 58.7 Å². The minimum Gasteiger partial charge on any atom is -0.360 e. The molecule has 154 valence electrons. The molecule has 0 radical (unpaired) electrons. The van der Waals surface area contributed by atoms with Crippen LogP contribution in [0.3, 0.4) is 0 Å².